The fourth-order valence-electron chi connectivity index (χ4n) is 1.80. The van der Waals surface area contributed by atoms with Gasteiger partial charge >= 0.3 is 0 Å². The number of sulfonamides is 1. The number of nitrogens with two attached hydrogens (primary N) is 1. The first kappa shape index (κ1) is 15.1. The molecule has 2 rings (SSSR count). The van der Waals surface area contributed by atoms with Crippen molar-refractivity contribution in [3.8, 4) is 0 Å². The molecule has 6 nitrogen and oxygen atoms in total. The molecule has 1 heterocycles. The van der Waals surface area contributed by atoms with Gasteiger partial charge in [0.1, 0.15) is 0 Å². The molecule has 0 saturated heterocycles. The van der Waals surface area contributed by atoms with Gasteiger partial charge in [-0.15, -0.1) is 0 Å². The average Bonchev–Trinajstić information content (AvgIpc) is 2.40. The highest BCUT2D eigenvalue weighted by atomic mass is 32.2. The van der Waals surface area contributed by atoms with E-state index in [-0.39, 0.29) is 21.7 Å². The zero-order chi connectivity index (χ0) is 15.6. The number of aromatic nitrogens is 1. The first-order valence-electron chi connectivity index (χ1n) is 5.85. The first-order valence-corrected chi connectivity index (χ1v) is 7.39. The van der Waals surface area contributed by atoms with E-state index in [1.165, 1.54) is 43.5 Å². The number of benzene rings is 1. The quantitative estimate of drug-likeness (QED) is 0.837. The van der Waals surface area contributed by atoms with E-state index < -0.39 is 21.9 Å². The summed E-state index contributed by atoms with van der Waals surface area (Å²) in [5.41, 5.74) is 0.269. The molecule has 0 fully saturated rings. The number of nitrogens with one attached hydrogen (secondary N) is 1. The molecule has 110 valence electrons. The molecule has 0 atom stereocenters. The van der Waals surface area contributed by atoms with E-state index in [0.29, 0.717) is 0 Å². The second kappa shape index (κ2) is 5.58. The lowest BCUT2D eigenvalue weighted by Crippen LogP contribution is -2.18. The van der Waals surface area contributed by atoms with Gasteiger partial charge in [0.25, 0.3) is 5.91 Å². The standard InChI is InChI=1S/C13H12FN3O3S/c1-8-10(5-2-6-11(8)21(15,19)20)17-13(18)9-4-3-7-16-12(9)14/h2-7H,1H3,(H,17,18)(H2,15,19,20). The third-order valence-electron chi connectivity index (χ3n) is 2.84. The molecule has 0 radical (unpaired) electrons. The minimum atomic E-state index is -3.90. The Balaban J connectivity index is 2.37. The summed E-state index contributed by atoms with van der Waals surface area (Å²) in [4.78, 5) is 15.2. The summed E-state index contributed by atoms with van der Waals surface area (Å²) >= 11 is 0. The normalized spacial score (nSPS) is 11.2. The minimum absolute atomic E-state index is 0.105. The molecule has 1 aromatic carbocycles. The molecular weight excluding hydrogens is 297 g/mol. The van der Waals surface area contributed by atoms with Gasteiger partial charge in [-0.05, 0) is 36.8 Å². The van der Waals surface area contributed by atoms with Crippen LogP contribution in [0.4, 0.5) is 10.1 Å². The SMILES string of the molecule is Cc1c(NC(=O)c2cccnc2F)cccc1S(N)(=O)=O. The Morgan fingerprint density at radius 2 is 2.00 bits per heavy atom. The van der Waals surface area contributed by atoms with Crippen LogP contribution in [-0.4, -0.2) is 19.3 Å². The second-order valence-corrected chi connectivity index (χ2v) is 5.80. The summed E-state index contributed by atoms with van der Waals surface area (Å²) in [5, 5.41) is 7.52. The topological polar surface area (TPSA) is 102 Å². The minimum Gasteiger partial charge on any atom is -0.322 e. The van der Waals surface area contributed by atoms with Crippen molar-refractivity contribution in [1.82, 2.24) is 4.98 Å². The highest BCUT2D eigenvalue weighted by Gasteiger charge is 2.17. The fourth-order valence-corrected chi connectivity index (χ4v) is 2.61. The number of amides is 1. The van der Waals surface area contributed by atoms with Crippen LogP contribution in [-0.2, 0) is 10.0 Å². The molecule has 1 aromatic heterocycles. The molecule has 8 heteroatoms. The van der Waals surface area contributed by atoms with Gasteiger partial charge in [-0.25, -0.2) is 18.5 Å². The molecule has 0 bridgehead atoms. The van der Waals surface area contributed by atoms with Crippen LogP contribution in [0.2, 0.25) is 0 Å². The van der Waals surface area contributed by atoms with Gasteiger partial charge < -0.3 is 5.32 Å². The van der Waals surface area contributed by atoms with Crippen molar-refractivity contribution in [3.63, 3.8) is 0 Å². The van der Waals surface area contributed by atoms with Crippen molar-refractivity contribution in [3.05, 3.63) is 53.6 Å². The fraction of sp³-hybridized carbons (Fsp3) is 0.0769. The van der Waals surface area contributed by atoms with Crippen LogP contribution < -0.4 is 10.5 Å². The van der Waals surface area contributed by atoms with Crippen molar-refractivity contribution in [2.45, 2.75) is 11.8 Å². The van der Waals surface area contributed by atoms with Gasteiger partial charge in [-0.3, -0.25) is 4.79 Å². The molecule has 0 aliphatic rings. The van der Waals surface area contributed by atoms with E-state index >= 15 is 0 Å². The van der Waals surface area contributed by atoms with E-state index in [1.54, 1.807) is 0 Å². The number of hydrogen-bond donors (Lipinski definition) is 2. The van der Waals surface area contributed by atoms with Gasteiger partial charge in [0.05, 0.1) is 10.5 Å². The Labute approximate surface area is 120 Å². The maximum absolute atomic E-state index is 13.4. The zero-order valence-electron chi connectivity index (χ0n) is 11.0. The van der Waals surface area contributed by atoms with Crippen LogP contribution in [0, 0.1) is 12.9 Å². The molecule has 3 N–H and O–H groups in total. The summed E-state index contributed by atoms with van der Waals surface area (Å²) in [6, 6.07) is 6.95. The van der Waals surface area contributed by atoms with Crippen molar-refractivity contribution in [2.75, 3.05) is 5.32 Å². The Morgan fingerprint density at radius 1 is 1.29 bits per heavy atom. The Morgan fingerprint density at radius 3 is 2.62 bits per heavy atom. The van der Waals surface area contributed by atoms with Gasteiger partial charge in [0.15, 0.2) is 0 Å². The Hall–Kier alpha value is -2.32. The number of anilines is 1. The summed E-state index contributed by atoms with van der Waals surface area (Å²) in [6.45, 7) is 1.49. The maximum atomic E-state index is 13.4. The molecule has 2 aromatic rings. The average molecular weight is 309 g/mol. The lowest BCUT2D eigenvalue weighted by atomic mass is 10.2. The van der Waals surface area contributed by atoms with E-state index in [4.69, 9.17) is 5.14 Å². The van der Waals surface area contributed by atoms with E-state index in [0.717, 1.165) is 0 Å². The molecule has 21 heavy (non-hydrogen) atoms. The molecule has 0 unspecified atom stereocenters. The summed E-state index contributed by atoms with van der Waals surface area (Å²) in [5.74, 6) is -1.63. The van der Waals surface area contributed by atoms with Crippen LogP contribution in [0.25, 0.3) is 0 Å². The number of primary sulfonamides is 1. The molecule has 0 saturated carbocycles. The van der Waals surface area contributed by atoms with Gasteiger partial charge in [0.2, 0.25) is 16.0 Å². The first-order chi connectivity index (χ1) is 9.80. The van der Waals surface area contributed by atoms with Crippen LogP contribution in [0.1, 0.15) is 15.9 Å². The summed E-state index contributed by atoms with van der Waals surface area (Å²) < 4.78 is 36.2. The van der Waals surface area contributed by atoms with Crippen molar-refractivity contribution in [2.24, 2.45) is 5.14 Å². The molecule has 1 amide bonds. The van der Waals surface area contributed by atoms with Crippen LogP contribution >= 0.6 is 0 Å². The van der Waals surface area contributed by atoms with Crippen molar-refractivity contribution >= 4 is 21.6 Å². The predicted octanol–water partition coefficient (Wildman–Crippen LogP) is 1.43. The maximum Gasteiger partial charge on any atom is 0.260 e. The number of nitrogens with zero attached hydrogens (tertiary/aromatic N) is 1. The van der Waals surface area contributed by atoms with Gasteiger partial charge in [0, 0.05) is 11.9 Å². The van der Waals surface area contributed by atoms with E-state index in [9.17, 15) is 17.6 Å². The van der Waals surface area contributed by atoms with E-state index in [2.05, 4.69) is 10.3 Å². The van der Waals surface area contributed by atoms with Crippen molar-refractivity contribution < 1.29 is 17.6 Å². The highest BCUT2D eigenvalue weighted by Crippen LogP contribution is 2.22. The number of halogens is 1. The van der Waals surface area contributed by atoms with Crippen LogP contribution in [0.3, 0.4) is 0 Å². The number of pyridine rings is 1. The lowest BCUT2D eigenvalue weighted by molar-refractivity contribution is 0.102. The number of hydrogen-bond acceptors (Lipinski definition) is 4. The number of carbonyl (C=O) groups excluding carboxylic acids is 1. The van der Waals surface area contributed by atoms with Crippen LogP contribution in [0.15, 0.2) is 41.4 Å². The second-order valence-electron chi connectivity index (χ2n) is 4.27. The number of rotatable bonds is 3. The molecule has 0 spiro atoms. The lowest BCUT2D eigenvalue weighted by Gasteiger charge is -2.11. The smallest absolute Gasteiger partial charge is 0.260 e. The van der Waals surface area contributed by atoms with E-state index in [1.807, 2.05) is 0 Å². The third-order valence-corrected chi connectivity index (χ3v) is 3.90. The number of carbonyl (C=O) groups is 1. The zero-order valence-corrected chi connectivity index (χ0v) is 11.8. The highest BCUT2D eigenvalue weighted by molar-refractivity contribution is 7.89. The molecule has 0 aliphatic heterocycles. The Kier molecular flexibility index (Phi) is 4.01. The summed E-state index contributed by atoms with van der Waals surface area (Å²) in [7, 11) is -3.90. The van der Waals surface area contributed by atoms with Crippen LogP contribution in [0.5, 0.6) is 0 Å². The largest absolute Gasteiger partial charge is 0.322 e. The monoisotopic (exact) mass is 309 g/mol. The van der Waals surface area contributed by atoms with Crippen molar-refractivity contribution in [1.29, 1.82) is 0 Å². The molecule has 0 aliphatic carbocycles. The Bertz CT molecular complexity index is 806. The van der Waals surface area contributed by atoms with Gasteiger partial charge in [-0.1, -0.05) is 6.07 Å². The summed E-state index contributed by atoms with van der Waals surface area (Å²) in [6.07, 6.45) is 1.22. The predicted molar refractivity (Wildman–Crippen MR) is 74.7 cm³/mol. The molecular formula is C13H12FN3O3S. The third kappa shape index (κ3) is 3.23. The van der Waals surface area contributed by atoms with Gasteiger partial charge in [-0.2, -0.15) is 4.39 Å².